The summed E-state index contributed by atoms with van der Waals surface area (Å²) in [5.41, 5.74) is -2.87. The number of nitrogens with one attached hydrogen (secondary N) is 1. The zero-order valence-electron chi connectivity index (χ0n) is 12.0. The number of alkyl halides is 3. The highest BCUT2D eigenvalue weighted by atomic mass is 79.9. The van der Waals surface area contributed by atoms with Crippen molar-refractivity contribution in [3.8, 4) is 11.8 Å². The third-order valence-electron chi connectivity index (χ3n) is 3.29. The van der Waals surface area contributed by atoms with Crippen molar-refractivity contribution < 1.29 is 17.9 Å². The first-order chi connectivity index (χ1) is 10.8. The van der Waals surface area contributed by atoms with E-state index in [1.807, 2.05) is 0 Å². The smallest absolute Gasteiger partial charge is 0.429 e. The standard InChI is InChI=1S/C16H12BrF3N2O/c1-23-14-8-6-13(7-9-14)22-15(10-21,16(18,19)20)11-2-4-12(17)5-3-11/h2-9,22H,1H3. The molecule has 0 aromatic heterocycles. The average molecular weight is 385 g/mol. The van der Waals surface area contributed by atoms with Crippen molar-refractivity contribution >= 4 is 21.6 Å². The van der Waals surface area contributed by atoms with Crippen LogP contribution in [-0.4, -0.2) is 13.3 Å². The van der Waals surface area contributed by atoms with Gasteiger partial charge in [-0.15, -0.1) is 0 Å². The molecule has 0 saturated heterocycles. The quantitative estimate of drug-likeness (QED) is 0.819. The minimum atomic E-state index is -4.81. The van der Waals surface area contributed by atoms with E-state index in [0.717, 1.165) is 0 Å². The first-order valence-corrected chi connectivity index (χ1v) is 7.28. The SMILES string of the molecule is COc1ccc(NC(C#N)(c2ccc(Br)cc2)C(F)(F)F)cc1. The van der Waals surface area contributed by atoms with E-state index in [-0.39, 0.29) is 11.3 Å². The van der Waals surface area contributed by atoms with Gasteiger partial charge >= 0.3 is 6.18 Å². The van der Waals surface area contributed by atoms with Crippen molar-refractivity contribution in [2.75, 3.05) is 12.4 Å². The van der Waals surface area contributed by atoms with E-state index >= 15 is 0 Å². The van der Waals surface area contributed by atoms with Crippen molar-refractivity contribution in [2.24, 2.45) is 0 Å². The number of halogens is 4. The molecule has 0 bridgehead atoms. The Morgan fingerprint density at radius 2 is 1.61 bits per heavy atom. The second-order valence-electron chi connectivity index (χ2n) is 4.72. The number of methoxy groups -OCH3 is 1. The lowest BCUT2D eigenvalue weighted by atomic mass is 9.90. The van der Waals surface area contributed by atoms with Crippen LogP contribution in [0.25, 0.3) is 0 Å². The largest absolute Gasteiger partial charge is 0.497 e. The van der Waals surface area contributed by atoms with E-state index in [0.29, 0.717) is 10.2 Å². The summed E-state index contributed by atoms with van der Waals surface area (Å²) in [4.78, 5) is 0. The minimum absolute atomic E-state index is 0.160. The summed E-state index contributed by atoms with van der Waals surface area (Å²) in [5, 5.41) is 11.6. The summed E-state index contributed by atoms with van der Waals surface area (Å²) in [7, 11) is 1.46. The van der Waals surface area contributed by atoms with Gasteiger partial charge in [-0.2, -0.15) is 18.4 Å². The summed E-state index contributed by atoms with van der Waals surface area (Å²) in [5.74, 6) is 0.508. The van der Waals surface area contributed by atoms with Crippen LogP contribution in [0, 0.1) is 11.3 Å². The Balaban J connectivity index is 2.49. The molecule has 3 nitrogen and oxygen atoms in total. The molecule has 2 rings (SSSR count). The van der Waals surface area contributed by atoms with Gasteiger partial charge in [-0.05, 0) is 36.4 Å². The highest BCUT2D eigenvalue weighted by molar-refractivity contribution is 9.10. The molecule has 2 aromatic rings. The lowest BCUT2D eigenvalue weighted by Crippen LogP contribution is -2.47. The van der Waals surface area contributed by atoms with Crippen molar-refractivity contribution in [1.82, 2.24) is 0 Å². The Labute approximate surface area is 139 Å². The van der Waals surface area contributed by atoms with Crippen LogP contribution < -0.4 is 10.1 Å². The summed E-state index contributed by atoms with van der Waals surface area (Å²) < 4.78 is 46.6. The van der Waals surface area contributed by atoms with E-state index in [9.17, 15) is 18.4 Å². The topological polar surface area (TPSA) is 45.0 Å². The van der Waals surface area contributed by atoms with Crippen LogP contribution >= 0.6 is 15.9 Å². The van der Waals surface area contributed by atoms with Gasteiger partial charge in [0.1, 0.15) is 11.8 Å². The Morgan fingerprint density at radius 1 is 1.04 bits per heavy atom. The molecule has 0 aliphatic rings. The summed E-state index contributed by atoms with van der Waals surface area (Å²) in [6, 6.07) is 12.7. The first kappa shape index (κ1) is 17.2. The lowest BCUT2D eigenvalue weighted by molar-refractivity contribution is -0.165. The molecule has 0 aliphatic heterocycles. The number of anilines is 1. The van der Waals surface area contributed by atoms with Gasteiger partial charge in [0, 0.05) is 15.7 Å². The van der Waals surface area contributed by atoms with E-state index in [1.54, 1.807) is 0 Å². The van der Waals surface area contributed by atoms with Crippen LogP contribution in [0.3, 0.4) is 0 Å². The molecule has 2 aromatic carbocycles. The van der Waals surface area contributed by atoms with E-state index in [2.05, 4.69) is 21.2 Å². The molecule has 0 radical (unpaired) electrons. The van der Waals surface area contributed by atoms with Gasteiger partial charge in [0.05, 0.1) is 7.11 Å². The highest BCUT2D eigenvalue weighted by Crippen LogP contribution is 2.41. The number of nitriles is 1. The van der Waals surface area contributed by atoms with Crippen molar-refractivity contribution in [1.29, 1.82) is 5.26 Å². The Bertz CT molecular complexity index is 708. The van der Waals surface area contributed by atoms with Crippen LogP contribution in [0.15, 0.2) is 53.0 Å². The second kappa shape index (κ2) is 6.50. The van der Waals surface area contributed by atoms with E-state index in [4.69, 9.17) is 4.74 Å². The molecule has 0 fully saturated rings. The molecule has 0 spiro atoms. The van der Waals surface area contributed by atoms with Crippen LogP contribution in [0.2, 0.25) is 0 Å². The maximum Gasteiger partial charge on any atom is 0.429 e. The molecule has 23 heavy (non-hydrogen) atoms. The average Bonchev–Trinajstić information content (AvgIpc) is 2.53. The van der Waals surface area contributed by atoms with Gasteiger partial charge in [0.15, 0.2) is 0 Å². The molecule has 0 aliphatic carbocycles. The molecule has 0 saturated carbocycles. The van der Waals surface area contributed by atoms with Gasteiger partial charge in [-0.25, -0.2) is 0 Å². The molecule has 120 valence electrons. The third kappa shape index (κ3) is 3.42. The minimum Gasteiger partial charge on any atom is -0.497 e. The van der Waals surface area contributed by atoms with E-state index < -0.39 is 11.7 Å². The fraction of sp³-hybridized carbons (Fsp3) is 0.188. The Hall–Kier alpha value is -2.20. The summed E-state index contributed by atoms with van der Waals surface area (Å²) >= 11 is 3.17. The molecular formula is C16H12BrF3N2O. The summed E-state index contributed by atoms with van der Waals surface area (Å²) in [6.45, 7) is 0. The number of nitrogens with zero attached hydrogens (tertiary/aromatic N) is 1. The zero-order valence-corrected chi connectivity index (χ0v) is 13.6. The molecule has 0 amide bonds. The maximum atomic E-state index is 13.7. The number of hydrogen-bond donors (Lipinski definition) is 1. The van der Waals surface area contributed by atoms with Crippen LogP contribution in [-0.2, 0) is 5.54 Å². The van der Waals surface area contributed by atoms with Crippen LogP contribution in [0.5, 0.6) is 5.75 Å². The van der Waals surface area contributed by atoms with Gasteiger partial charge in [0.25, 0.3) is 0 Å². The predicted molar refractivity (Wildman–Crippen MR) is 84.1 cm³/mol. The van der Waals surface area contributed by atoms with Gasteiger partial charge in [-0.3, -0.25) is 0 Å². The monoisotopic (exact) mass is 384 g/mol. The highest BCUT2D eigenvalue weighted by Gasteiger charge is 2.57. The molecular weight excluding hydrogens is 373 g/mol. The van der Waals surface area contributed by atoms with Gasteiger partial charge in [0.2, 0.25) is 5.54 Å². The maximum absolute atomic E-state index is 13.7. The third-order valence-corrected chi connectivity index (χ3v) is 3.82. The zero-order chi connectivity index (χ0) is 17.1. The molecule has 0 heterocycles. The van der Waals surface area contributed by atoms with Crippen LogP contribution in [0.4, 0.5) is 18.9 Å². The van der Waals surface area contributed by atoms with Crippen LogP contribution in [0.1, 0.15) is 5.56 Å². The first-order valence-electron chi connectivity index (χ1n) is 6.48. The molecule has 1 unspecified atom stereocenters. The Kier molecular flexibility index (Phi) is 4.85. The van der Waals surface area contributed by atoms with Crippen molar-refractivity contribution in [3.63, 3.8) is 0 Å². The number of ether oxygens (including phenoxy) is 1. The predicted octanol–water partition coefficient (Wildman–Crippen LogP) is 4.85. The summed E-state index contributed by atoms with van der Waals surface area (Å²) in [6.07, 6.45) is -4.81. The number of benzene rings is 2. The van der Waals surface area contributed by atoms with Gasteiger partial charge < -0.3 is 10.1 Å². The second-order valence-corrected chi connectivity index (χ2v) is 5.64. The fourth-order valence-electron chi connectivity index (χ4n) is 2.05. The van der Waals surface area contributed by atoms with E-state index in [1.165, 1.54) is 61.7 Å². The lowest BCUT2D eigenvalue weighted by Gasteiger charge is -2.31. The van der Waals surface area contributed by atoms with Crippen molar-refractivity contribution in [2.45, 2.75) is 11.7 Å². The van der Waals surface area contributed by atoms with Gasteiger partial charge in [-0.1, -0.05) is 28.1 Å². The fourth-order valence-corrected chi connectivity index (χ4v) is 2.32. The normalized spacial score (nSPS) is 13.7. The number of hydrogen-bond acceptors (Lipinski definition) is 3. The molecule has 1 atom stereocenters. The van der Waals surface area contributed by atoms with Crippen molar-refractivity contribution in [3.05, 3.63) is 58.6 Å². The Morgan fingerprint density at radius 3 is 2.04 bits per heavy atom. The molecule has 7 heteroatoms. The molecule has 1 N–H and O–H groups in total. The number of rotatable bonds is 4.